The molecule has 41 heavy (non-hydrogen) atoms. The summed E-state index contributed by atoms with van der Waals surface area (Å²) >= 11 is 0. The number of phenols is 1. The Morgan fingerprint density at radius 1 is 1.00 bits per heavy atom. The maximum absolute atomic E-state index is 13.8. The zero-order chi connectivity index (χ0) is 29.3. The summed E-state index contributed by atoms with van der Waals surface area (Å²) in [4.78, 5) is 37.9. The number of pyridine rings is 1. The minimum atomic E-state index is -4.41. The number of hydrogen-bond acceptors (Lipinski definition) is 8. The first-order valence-corrected chi connectivity index (χ1v) is 14.5. The van der Waals surface area contributed by atoms with Gasteiger partial charge in [-0.15, -0.1) is 0 Å². The molecule has 3 aromatic rings. The highest BCUT2D eigenvalue weighted by molar-refractivity contribution is 7.89. The van der Waals surface area contributed by atoms with Crippen LogP contribution in [0.25, 0.3) is 0 Å². The van der Waals surface area contributed by atoms with Gasteiger partial charge < -0.3 is 15.1 Å². The molecule has 3 heterocycles. The van der Waals surface area contributed by atoms with Gasteiger partial charge in [-0.25, -0.2) is 22.6 Å². The molecule has 1 aliphatic carbocycles. The summed E-state index contributed by atoms with van der Waals surface area (Å²) in [5, 5.41) is 19.6. The Morgan fingerprint density at radius 2 is 1.76 bits per heavy atom. The van der Waals surface area contributed by atoms with Crippen molar-refractivity contribution in [3.05, 3.63) is 71.6 Å². The number of aromatic nitrogens is 3. The Balaban J connectivity index is 1.44. The maximum atomic E-state index is 13.8. The number of sulfonamides is 1. The average molecular weight is 588 g/mol. The van der Waals surface area contributed by atoms with E-state index in [0.29, 0.717) is 23.9 Å². The topological polar surface area (TPSA) is 154 Å². The summed E-state index contributed by atoms with van der Waals surface area (Å²) in [6, 6.07) is 2.85. The van der Waals surface area contributed by atoms with Crippen LogP contribution in [0.15, 0.2) is 47.8 Å². The molecule has 11 nitrogen and oxygen atoms in total. The van der Waals surface area contributed by atoms with Gasteiger partial charge in [0.15, 0.2) is 5.82 Å². The Kier molecular flexibility index (Phi) is 7.95. The van der Waals surface area contributed by atoms with Gasteiger partial charge in [0, 0.05) is 36.5 Å². The monoisotopic (exact) mass is 587 g/mol. The molecule has 216 valence electrons. The van der Waals surface area contributed by atoms with Crippen molar-refractivity contribution in [1.29, 1.82) is 0 Å². The summed E-state index contributed by atoms with van der Waals surface area (Å²) < 4.78 is 54.3. The molecule has 2 aromatic heterocycles. The summed E-state index contributed by atoms with van der Waals surface area (Å²) in [6.45, 7) is -0.204. The Morgan fingerprint density at radius 3 is 2.34 bits per heavy atom. The second-order valence-corrected chi connectivity index (χ2v) is 12.0. The first kappa shape index (κ1) is 28.5. The number of carboxylic acid groups (broad SMARTS) is 1. The molecule has 0 radical (unpaired) electrons. The van der Waals surface area contributed by atoms with E-state index in [9.17, 15) is 37.0 Å². The number of carboxylic acids is 1. The van der Waals surface area contributed by atoms with E-state index in [4.69, 9.17) is 0 Å². The molecule has 0 spiro atoms. The molecule has 1 amide bonds. The number of rotatable bonds is 8. The number of aromatic hydroxyl groups is 1. The molecule has 1 saturated heterocycles. The van der Waals surface area contributed by atoms with E-state index in [1.807, 2.05) is 0 Å². The molecule has 2 fully saturated rings. The standard InChI is InChI=1S/C27H27F2N5O6S/c28-21-11-19(13-32-25(21)29)41(39,40)34-9-8-23(34)26(36)33(18-6-7-20(27(37)38)24(35)10-18)15-17-12-31-22(14-30-17)16-4-2-1-3-5-16/h6-7,10-14,16,23,35H,1-5,8-9,15H2,(H,37,38). The summed E-state index contributed by atoms with van der Waals surface area (Å²) in [5.41, 5.74) is 0.968. The van der Waals surface area contributed by atoms with Crippen LogP contribution < -0.4 is 4.90 Å². The fourth-order valence-corrected chi connectivity index (χ4v) is 6.73. The largest absolute Gasteiger partial charge is 0.507 e. The molecule has 0 bridgehead atoms. The van der Waals surface area contributed by atoms with E-state index in [2.05, 4.69) is 15.0 Å². The van der Waals surface area contributed by atoms with E-state index >= 15 is 0 Å². The number of benzene rings is 1. The van der Waals surface area contributed by atoms with Crippen molar-refractivity contribution < 1.29 is 37.0 Å². The van der Waals surface area contributed by atoms with Crippen molar-refractivity contribution in [2.45, 2.75) is 61.9 Å². The Bertz CT molecular complexity index is 1580. The van der Waals surface area contributed by atoms with Gasteiger partial charge in [-0.05, 0) is 31.4 Å². The highest BCUT2D eigenvalue weighted by Crippen LogP contribution is 2.33. The summed E-state index contributed by atoms with van der Waals surface area (Å²) in [5.74, 6) is -5.23. The maximum Gasteiger partial charge on any atom is 0.339 e. The first-order valence-electron chi connectivity index (χ1n) is 13.1. The molecule has 1 atom stereocenters. The fourth-order valence-electron chi connectivity index (χ4n) is 5.14. The number of carbonyl (C=O) groups excluding carboxylic acids is 1. The second-order valence-electron chi connectivity index (χ2n) is 10.1. The lowest BCUT2D eigenvalue weighted by atomic mass is 9.87. The van der Waals surface area contributed by atoms with E-state index in [1.165, 1.54) is 23.6 Å². The van der Waals surface area contributed by atoms with Crippen molar-refractivity contribution in [1.82, 2.24) is 19.3 Å². The molecule has 2 aliphatic rings. The minimum absolute atomic E-state index is 0.0509. The molecule has 1 saturated carbocycles. The quantitative estimate of drug-likeness (QED) is 0.376. The van der Waals surface area contributed by atoms with Crippen LogP contribution in [0.2, 0.25) is 0 Å². The van der Waals surface area contributed by atoms with Crippen LogP contribution in [0.3, 0.4) is 0 Å². The van der Waals surface area contributed by atoms with Gasteiger partial charge in [-0.2, -0.15) is 8.70 Å². The zero-order valence-electron chi connectivity index (χ0n) is 21.8. The number of amides is 1. The van der Waals surface area contributed by atoms with E-state index in [1.54, 1.807) is 6.20 Å². The normalized spacial score (nSPS) is 18.0. The van der Waals surface area contributed by atoms with Crippen LogP contribution in [-0.2, 0) is 21.4 Å². The van der Waals surface area contributed by atoms with Gasteiger partial charge >= 0.3 is 5.97 Å². The zero-order valence-corrected chi connectivity index (χ0v) is 22.6. The van der Waals surface area contributed by atoms with Gasteiger partial charge in [-0.1, -0.05) is 19.3 Å². The van der Waals surface area contributed by atoms with Gasteiger partial charge in [0.05, 0.1) is 30.3 Å². The van der Waals surface area contributed by atoms with Gasteiger partial charge in [0.2, 0.25) is 21.9 Å². The van der Waals surface area contributed by atoms with E-state index in [0.717, 1.165) is 47.8 Å². The molecule has 1 unspecified atom stereocenters. The van der Waals surface area contributed by atoms with Crippen molar-refractivity contribution in [2.24, 2.45) is 0 Å². The predicted molar refractivity (Wildman–Crippen MR) is 141 cm³/mol. The number of hydrogen-bond donors (Lipinski definition) is 2. The van der Waals surface area contributed by atoms with Crippen LogP contribution in [-0.4, -0.2) is 62.4 Å². The third kappa shape index (κ3) is 5.75. The van der Waals surface area contributed by atoms with Crippen molar-refractivity contribution in [3.8, 4) is 5.75 Å². The average Bonchev–Trinajstić information content (AvgIpc) is 2.92. The third-order valence-electron chi connectivity index (χ3n) is 7.49. The molecular weight excluding hydrogens is 560 g/mol. The minimum Gasteiger partial charge on any atom is -0.507 e. The lowest BCUT2D eigenvalue weighted by molar-refractivity contribution is -0.125. The third-order valence-corrected chi connectivity index (χ3v) is 9.37. The molecular formula is C27H27F2N5O6S. The highest BCUT2D eigenvalue weighted by atomic mass is 32.2. The SMILES string of the molecule is O=C(O)c1ccc(N(Cc2cnc(C3CCCCC3)cn2)C(=O)C2CCN2S(=O)(=O)c2cnc(F)c(F)c2)cc1O. The molecule has 1 aliphatic heterocycles. The number of carbonyl (C=O) groups is 2. The van der Waals surface area contributed by atoms with E-state index in [-0.39, 0.29) is 30.8 Å². The number of aromatic carboxylic acids is 1. The highest BCUT2D eigenvalue weighted by Gasteiger charge is 2.45. The molecule has 14 heteroatoms. The smallest absolute Gasteiger partial charge is 0.339 e. The fraction of sp³-hybridized carbons (Fsp3) is 0.370. The van der Waals surface area contributed by atoms with Crippen LogP contribution in [0.1, 0.15) is 66.2 Å². The van der Waals surface area contributed by atoms with Gasteiger partial charge in [0.1, 0.15) is 22.3 Å². The molecule has 5 rings (SSSR count). The van der Waals surface area contributed by atoms with Crippen molar-refractivity contribution >= 4 is 27.6 Å². The lowest BCUT2D eigenvalue weighted by Crippen LogP contribution is -2.59. The number of halogens is 2. The van der Waals surface area contributed by atoms with Crippen LogP contribution in [0, 0.1) is 11.8 Å². The van der Waals surface area contributed by atoms with Crippen LogP contribution in [0.5, 0.6) is 5.75 Å². The summed E-state index contributed by atoms with van der Waals surface area (Å²) in [7, 11) is -4.41. The Labute approximate surface area is 234 Å². The summed E-state index contributed by atoms with van der Waals surface area (Å²) in [6.07, 6.45) is 9.48. The first-order chi connectivity index (χ1) is 19.6. The van der Waals surface area contributed by atoms with E-state index < -0.39 is 50.4 Å². The predicted octanol–water partition coefficient (Wildman–Crippen LogP) is 3.60. The second kappa shape index (κ2) is 11.4. The van der Waals surface area contributed by atoms with Gasteiger partial charge in [0.25, 0.3) is 0 Å². The van der Waals surface area contributed by atoms with Crippen molar-refractivity contribution in [2.75, 3.05) is 11.4 Å². The van der Waals surface area contributed by atoms with Gasteiger partial charge in [-0.3, -0.25) is 14.8 Å². The Hall–Kier alpha value is -4.04. The lowest BCUT2D eigenvalue weighted by Gasteiger charge is -2.40. The molecule has 1 aromatic carbocycles. The number of anilines is 1. The molecule has 2 N–H and O–H groups in total. The van der Waals surface area contributed by atoms with Crippen molar-refractivity contribution in [3.63, 3.8) is 0 Å². The van der Waals surface area contributed by atoms with Crippen LogP contribution >= 0.6 is 0 Å². The van der Waals surface area contributed by atoms with Crippen LogP contribution in [0.4, 0.5) is 14.5 Å². The number of nitrogens with zero attached hydrogens (tertiary/aromatic N) is 5.